The van der Waals surface area contributed by atoms with Crippen molar-refractivity contribution in [1.82, 2.24) is 0 Å². The zero-order chi connectivity index (χ0) is 17.4. The molecule has 1 aliphatic rings. The number of esters is 1. The average molecular weight is 383 g/mol. The summed E-state index contributed by atoms with van der Waals surface area (Å²) in [4.78, 5) is 11.9. The highest BCUT2D eigenvalue weighted by Gasteiger charge is 2.54. The maximum absolute atomic E-state index is 11.9. The van der Waals surface area contributed by atoms with Crippen LogP contribution in [0.2, 0.25) is 0 Å². The van der Waals surface area contributed by atoms with Crippen LogP contribution in [0.3, 0.4) is 0 Å². The van der Waals surface area contributed by atoms with E-state index in [0.717, 1.165) is 15.6 Å². The van der Waals surface area contributed by atoms with Crippen LogP contribution in [0.5, 0.6) is 0 Å². The number of methoxy groups -OCH3 is 1. The molecule has 1 aromatic carbocycles. The molecule has 0 saturated carbocycles. The van der Waals surface area contributed by atoms with E-state index in [-0.39, 0.29) is 18.2 Å². The number of halogens is 1. The first kappa shape index (κ1) is 18.5. The summed E-state index contributed by atoms with van der Waals surface area (Å²) in [5.74, 6) is -0.498. The number of aryl methyl sites for hydroxylation is 1. The molecule has 1 unspecified atom stereocenters. The number of benzene rings is 1. The molecule has 1 saturated heterocycles. The second kappa shape index (κ2) is 6.57. The molecule has 0 radical (unpaired) electrons. The standard InChI is InChI=1S/C17H24BBrO4/c1-11-7-8-12(9-14(11)19)13(10-15(20)21-6)18-22-16(2,3)17(4,5)23-18/h7-9,13H,10H2,1-6H3. The quantitative estimate of drug-likeness (QED) is 0.582. The predicted molar refractivity (Wildman–Crippen MR) is 94.3 cm³/mol. The lowest BCUT2D eigenvalue weighted by Crippen LogP contribution is -2.41. The van der Waals surface area contributed by atoms with Gasteiger partial charge < -0.3 is 14.0 Å². The van der Waals surface area contributed by atoms with Crippen molar-refractivity contribution in [1.29, 1.82) is 0 Å². The fourth-order valence-corrected chi connectivity index (χ4v) is 2.92. The summed E-state index contributed by atoms with van der Waals surface area (Å²) in [5.41, 5.74) is 1.26. The Balaban J connectivity index is 2.35. The van der Waals surface area contributed by atoms with Gasteiger partial charge in [0.15, 0.2) is 0 Å². The van der Waals surface area contributed by atoms with Gasteiger partial charge in [-0.15, -0.1) is 0 Å². The molecule has 0 bridgehead atoms. The summed E-state index contributed by atoms with van der Waals surface area (Å²) in [5, 5.41) is 0. The van der Waals surface area contributed by atoms with E-state index in [0.29, 0.717) is 0 Å². The molecular weight excluding hydrogens is 359 g/mol. The molecule has 1 atom stereocenters. The summed E-state index contributed by atoms with van der Waals surface area (Å²) in [7, 11) is 0.906. The first-order chi connectivity index (χ1) is 10.6. The Labute approximate surface area is 147 Å². The molecule has 0 N–H and O–H groups in total. The van der Waals surface area contributed by atoms with E-state index in [2.05, 4.69) is 15.9 Å². The van der Waals surface area contributed by atoms with Gasteiger partial charge in [-0.2, -0.15) is 0 Å². The van der Waals surface area contributed by atoms with Crippen molar-refractivity contribution >= 4 is 29.0 Å². The minimum Gasteiger partial charge on any atom is -0.469 e. The molecule has 1 fully saturated rings. The third-order valence-electron chi connectivity index (χ3n) is 4.84. The molecule has 1 aliphatic heterocycles. The van der Waals surface area contributed by atoms with Crippen molar-refractivity contribution in [3.05, 3.63) is 33.8 Å². The van der Waals surface area contributed by atoms with E-state index in [1.54, 1.807) is 0 Å². The largest absolute Gasteiger partial charge is 0.469 e. The third-order valence-corrected chi connectivity index (χ3v) is 5.69. The van der Waals surface area contributed by atoms with Crippen LogP contribution in [-0.4, -0.2) is 31.4 Å². The van der Waals surface area contributed by atoms with E-state index in [1.807, 2.05) is 52.8 Å². The molecule has 4 nitrogen and oxygen atoms in total. The Kier molecular flexibility index (Phi) is 5.29. The summed E-state index contributed by atoms with van der Waals surface area (Å²) in [6.45, 7) is 10.1. The van der Waals surface area contributed by atoms with E-state index in [9.17, 15) is 4.79 Å². The Morgan fingerprint density at radius 1 is 1.26 bits per heavy atom. The molecule has 1 aromatic rings. The van der Waals surface area contributed by atoms with Crippen molar-refractivity contribution < 1.29 is 18.8 Å². The maximum atomic E-state index is 11.9. The van der Waals surface area contributed by atoms with Gasteiger partial charge in [-0.25, -0.2) is 0 Å². The lowest BCUT2D eigenvalue weighted by molar-refractivity contribution is -0.140. The molecule has 1 heterocycles. The van der Waals surface area contributed by atoms with Crippen LogP contribution >= 0.6 is 15.9 Å². The van der Waals surface area contributed by atoms with Gasteiger partial charge in [0.2, 0.25) is 0 Å². The van der Waals surface area contributed by atoms with Crippen molar-refractivity contribution in [3.63, 3.8) is 0 Å². The second-order valence-electron chi connectivity index (χ2n) is 7.02. The fourth-order valence-electron chi connectivity index (χ4n) is 2.53. The minimum atomic E-state index is -0.492. The van der Waals surface area contributed by atoms with Gasteiger partial charge in [0, 0.05) is 10.3 Å². The molecule has 0 spiro atoms. The predicted octanol–water partition coefficient (Wildman–Crippen LogP) is 4.04. The van der Waals surface area contributed by atoms with Crippen LogP contribution in [0.4, 0.5) is 0 Å². The van der Waals surface area contributed by atoms with Crippen molar-refractivity contribution in [2.75, 3.05) is 7.11 Å². The third kappa shape index (κ3) is 3.81. The highest BCUT2D eigenvalue weighted by atomic mass is 79.9. The minimum absolute atomic E-state index is 0.211. The molecule has 6 heteroatoms. The van der Waals surface area contributed by atoms with Crippen LogP contribution in [0.25, 0.3) is 0 Å². The molecule has 0 amide bonds. The zero-order valence-corrected chi connectivity index (χ0v) is 16.2. The van der Waals surface area contributed by atoms with Crippen molar-refractivity contribution in [3.8, 4) is 0 Å². The lowest BCUT2D eigenvalue weighted by atomic mass is 9.66. The number of carbonyl (C=O) groups excluding carboxylic acids is 1. The molecule has 126 valence electrons. The van der Waals surface area contributed by atoms with Gasteiger partial charge in [0.1, 0.15) is 0 Å². The van der Waals surface area contributed by atoms with Gasteiger partial charge in [-0.1, -0.05) is 28.1 Å². The Hall–Kier alpha value is -0.845. The van der Waals surface area contributed by atoms with Crippen LogP contribution in [0, 0.1) is 6.92 Å². The summed E-state index contributed by atoms with van der Waals surface area (Å²) < 4.78 is 18.2. The highest BCUT2D eigenvalue weighted by Crippen LogP contribution is 2.42. The smallest absolute Gasteiger partial charge is 0.466 e. The normalized spacial score (nSPS) is 20.4. The Bertz CT molecular complexity index is 584. The molecule has 0 aromatic heterocycles. The van der Waals surface area contributed by atoms with E-state index in [1.165, 1.54) is 7.11 Å². The van der Waals surface area contributed by atoms with Gasteiger partial charge in [-0.3, -0.25) is 4.79 Å². The fraction of sp³-hybridized carbons (Fsp3) is 0.588. The molecule has 2 rings (SSSR count). The van der Waals surface area contributed by atoms with Crippen LogP contribution in [0.15, 0.2) is 22.7 Å². The number of hydrogen-bond donors (Lipinski definition) is 0. The first-order valence-electron chi connectivity index (χ1n) is 7.76. The summed E-state index contributed by atoms with van der Waals surface area (Å²) in [6.07, 6.45) is 0.211. The lowest BCUT2D eigenvalue weighted by Gasteiger charge is -2.32. The van der Waals surface area contributed by atoms with Crippen molar-refractivity contribution in [2.45, 2.75) is 58.1 Å². The first-order valence-corrected chi connectivity index (χ1v) is 8.55. The van der Waals surface area contributed by atoms with Crippen LogP contribution in [0.1, 0.15) is 51.1 Å². The SMILES string of the molecule is COC(=O)CC(B1OC(C)(C)C(C)(C)O1)c1ccc(C)c(Br)c1. The van der Waals surface area contributed by atoms with Gasteiger partial charge in [0.05, 0.1) is 24.7 Å². The maximum Gasteiger partial charge on any atom is 0.466 e. The molecule has 0 aliphatic carbocycles. The zero-order valence-electron chi connectivity index (χ0n) is 14.6. The average Bonchev–Trinajstić information content (AvgIpc) is 2.67. The molecular formula is C17H24BBrO4. The number of rotatable bonds is 4. The van der Waals surface area contributed by atoms with Gasteiger partial charge in [-0.05, 0) is 51.8 Å². The van der Waals surface area contributed by atoms with E-state index >= 15 is 0 Å². The highest BCUT2D eigenvalue weighted by molar-refractivity contribution is 9.10. The monoisotopic (exact) mass is 382 g/mol. The van der Waals surface area contributed by atoms with E-state index in [4.69, 9.17) is 14.0 Å². The number of ether oxygens (including phenoxy) is 1. The van der Waals surface area contributed by atoms with Gasteiger partial charge >= 0.3 is 13.1 Å². The molecule has 23 heavy (non-hydrogen) atoms. The topological polar surface area (TPSA) is 44.8 Å². The van der Waals surface area contributed by atoms with Crippen molar-refractivity contribution in [2.24, 2.45) is 0 Å². The number of hydrogen-bond acceptors (Lipinski definition) is 4. The van der Waals surface area contributed by atoms with Crippen LogP contribution in [-0.2, 0) is 18.8 Å². The Morgan fingerprint density at radius 3 is 2.30 bits per heavy atom. The second-order valence-corrected chi connectivity index (χ2v) is 7.87. The Morgan fingerprint density at radius 2 is 1.83 bits per heavy atom. The van der Waals surface area contributed by atoms with Crippen LogP contribution < -0.4 is 0 Å². The van der Waals surface area contributed by atoms with E-state index < -0.39 is 18.3 Å². The number of carbonyl (C=O) groups is 1. The summed E-state index contributed by atoms with van der Waals surface area (Å²) in [6, 6.07) is 6.06. The van der Waals surface area contributed by atoms with Gasteiger partial charge in [0.25, 0.3) is 0 Å². The summed E-state index contributed by atoms with van der Waals surface area (Å²) >= 11 is 3.55.